The lowest BCUT2D eigenvalue weighted by molar-refractivity contribution is 0.113. The Bertz CT molecular complexity index is 167. The van der Waals surface area contributed by atoms with E-state index in [0.717, 1.165) is 32.8 Å². The third-order valence-corrected chi connectivity index (χ3v) is 3.72. The number of likely N-dealkylation sites (N-methyl/N-ethyl adjacent to an activating group) is 1. The smallest absolute Gasteiger partial charge is 0.0589 e. The second kappa shape index (κ2) is 6.46. The first-order valence-corrected chi connectivity index (χ1v) is 6.18. The highest BCUT2D eigenvalue weighted by molar-refractivity contribution is 4.88. The summed E-state index contributed by atoms with van der Waals surface area (Å²) < 4.78 is 5.13. The molecule has 15 heavy (non-hydrogen) atoms. The normalized spacial score (nSPS) is 20.0. The monoisotopic (exact) mass is 214 g/mol. The van der Waals surface area contributed by atoms with Crippen LogP contribution in [-0.4, -0.2) is 44.8 Å². The molecule has 3 heteroatoms. The molecule has 0 heterocycles. The Morgan fingerprint density at radius 1 is 1.33 bits per heavy atom. The Kier molecular flexibility index (Phi) is 5.58. The molecule has 0 saturated heterocycles. The van der Waals surface area contributed by atoms with Crippen LogP contribution in [-0.2, 0) is 4.74 Å². The molecule has 1 fully saturated rings. The van der Waals surface area contributed by atoms with Gasteiger partial charge in [0.2, 0.25) is 0 Å². The molecule has 1 aliphatic rings. The Hall–Kier alpha value is -0.120. The van der Waals surface area contributed by atoms with Crippen LogP contribution in [0, 0.1) is 5.41 Å². The van der Waals surface area contributed by atoms with Crippen molar-refractivity contribution >= 4 is 0 Å². The summed E-state index contributed by atoms with van der Waals surface area (Å²) in [7, 11) is 1.77. The number of hydrogen-bond donors (Lipinski definition) is 1. The summed E-state index contributed by atoms with van der Waals surface area (Å²) in [6, 6.07) is 0. The number of hydrogen-bond acceptors (Lipinski definition) is 3. The maximum absolute atomic E-state index is 5.94. The minimum Gasteiger partial charge on any atom is -0.383 e. The van der Waals surface area contributed by atoms with Crippen LogP contribution < -0.4 is 5.73 Å². The van der Waals surface area contributed by atoms with Gasteiger partial charge < -0.3 is 15.4 Å². The van der Waals surface area contributed by atoms with Gasteiger partial charge in [-0.15, -0.1) is 0 Å². The summed E-state index contributed by atoms with van der Waals surface area (Å²) in [4.78, 5) is 2.47. The molecule has 0 aliphatic heterocycles. The zero-order valence-electron chi connectivity index (χ0n) is 10.3. The molecule has 1 saturated carbocycles. The molecule has 3 nitrogen and oxygen atoms in total. The van der Waals surface area contributed by atoms with Crippen LogP contribution in [0.1, 0.15) is 32.6 Å². The van der Waals surface area contributed by atoms with Gasteiger partial charge in [0.05, 0.1) is 6.61 Å². The van der Waals surface area contributed by atoms with E-state index in [1.54, 1.807) is 7.11 Å². The van der Waals surface area contributed by atoms with Crippen LogP contribution >= 0.6 is 0 Å². The van der Waals surface area contributed by atoms with Crippen LogP contribution in [0.15, 0.2) is 0 Å². The first-order valence-electron chi connectivity index (χ1n) is 6.18. The van der Waals surface area contributed by atoms with E-state index >= 15 is 0 Å². The second-order valence-corrected chi connectivity index (χ2v) is 4.77. The summed E-state index contributed by atoms with van der Waals surface area (Å²) in [5.41, 5.74) is 6.35. The summed E-state index contributed by atoms with van der Waals surface area (Å²) in [5, 5.41) is 0. The molecule has 0 atom stereocenters. The highest BCUT2D eigenvalue weighted by Gasteiger charge is 2.33. The zero-order chi connectivity index (χ0) is 11.1. The van der Waals surface area contributed by atoms with Gasteiger partial charge in [0, 0.05) is 20.2 Å². The minimum absolute atomic E-state index is 0.406. The standard InChI is InChI=1S/C12H26N2O/c1-3-14(8-9-15-2)11-12(10-13)6-4-5-7-12/h3-11,13H2,1-2H3. The lowest BCUT2D eigenvalue weighted by Crippen LogP contribution is -2.42. The second-order valence-electron chi connectivity index (χ2n) is 4.77. The van der Waals surface area contributed by atoms with Gasteiger partial charge in [-0.3, -0.25) is 0 Å². The van der Waals surface area contributed by atoms with Crippen molar-refractivity contribution in [3.05, 3.63) is 0 Å². The lowest BCUT2D eigenvalue weighted by Gasteiger charge is -2.33. The number of rotatable bonds is 7. The van der Waals surface area contributed by atoms with Crippen LogP contribution in [0.5, 0.6) is 0 Å². The third-order valence-electron chi connectivity index (χ3n) is 3.72. The maximum Gasteiger partial charge on any atom is 0.0589 e. The van der Waals surface area contributed by atoms with Gasteiger partial charge in [0.15, 0.2) is 0 Å². The molecule has 0 aromatic rings. The molecule has 2 N–H and O–H groups in total. The molecule has 90 valence electrons. The topological polar surface area (TPSA) is 38.5 Å². The molecule has 0 spiro atoms. The molecule has 0 aromatic carbocycles. The zero-order valence-corrected chi connectivity index (χ0v) is 10.3. The molecule has 0 unspecified atom stereocenters. The number of methoxy groups -OCH3 is 1. The predicted molar refractivity (Wildman–Crippen MR) is 63.9 cm³/mol. The molecule has 0 amide bonds. The Morgan fingerprint density at radius 2 is 2.00 bits per heavy atom. The predicted octanol–water partition coefficient (Wildman–Crippen LogP) is 1.47. The van der Waals surface area contributed by atoms with E-state index in [4.69, 9.17) is 10.5 Å². The van der Waals surface area contributed by atoms with Crippen molar-refractivity contribution in [2.75, 3.05) is 39.9 Å². The van der Waals surface area contributed by atoms with Gasteiger partial charge in [0.1, 0.15) is 0 Å². The summed E-state index contributed by atoms with van der Waals surface area (Å²) >= 11 is 0. The van der Waals surface area contributed by atoms with Gasteiger partial charge in [-0.1, -0.05) is 19.8 Å². The average Bonchev–Trinajstić information content (AvgIpc) is 2.73. The highest BCUT2D eigenvalue weighted by atomic mass is 16.5. The van der Waals surface area contributed by atoms with E-state index in [1.165, 1.54) is 25.7 Å². The first kappa shape index (κ1) is 12.9. The van der Waals surface area contributed by atoms with Gasteiger partial charge in [-0.25, -0.2) is 0 Å². The Morgan fingerprint density at radius 3 is 2.47 bits per heavy atom. The molecular weight excluding hydrogens is 188 g/mol. The van der Waals surface area contributed by atoms with Crippen LogP contribution in [0.25, 0.3) is 0 Å². The average molecular weight is 214 g/mol. The van der Waals surface area contributed by atoms with E-state index in [0.29, 0.717) is 5.41 Å². The van der Waals surface area contributed by atoms with Gasteiger partial charge in [0.25, 0.3) is 0 Å². The van der Waals surface area contributed by atoms with E-state index in [9.17, 15) is 0 Å². The Labute approximate surface area is 94.0 Å². The van der Waals surface area contributed by atoms with Crippen molar-refractivity contribution in [3.8, 4) is 0 Å². The molecule has 0 bridgehead atoms. The number of nitrogens with two attached hydrogens (primary N) is 1. The lowest BCUT2D eigenvalue weighted by atomic mass is 9.85. The van der Waals surface area contributed by atoms with Crippen molar-refractivity contribution in [2.24, 2.45) is 11.1 Å². The van der Waals surface area contributed by atoms with E-state index in [1.807, 2.05) is 0 Å². The quantitative estimate of drug-likeness (QED) is 0.697. The first-order chi connectivity index (χ1) is 7.26. The largest absolute Gasteiger partial charge is 0.383 e. The summed E-state index contributed by atoms with van der Waals surface area (Å²) in [6.45, 7) is 7.18. The van der Waals surface area contributed by atoms with Crippen molar-refractivity contribution in [2.45, 2.75) is 32.6 Å². The van der Waals surface area contributed by atoms with E-state index in [2.05, 4.69) is 11.8 Å². The van der Waals surface area contributed by atoms with Crippen LogP contribution in [0.3, 0.4) is 0 Å². The van der Waals surface area contributed by atoms with Crippen molar-refractivity contribution in [3.63, 3.8) is 0 Å². The molecule has 1 rings (SSSR count). The van der Waals surface area contributed by atoms with Gasteiger partial charge >= 0.3 is 0 Å². The van der Waals surface area contributed by atoms with Crippen molar-refractivity contribution in [1.29, 1.82) is 0 Å². The fourth-order valence-corrected chi connectivity index (χ4v) is 2.60. The third kappa shape index (κ3) is 3.74. The maximum atomic E-state index is 5.94. The minimum atomic E-state index is 0.406. The highest BCUT2D eigenvalue weighted by Crippen LogP contribution is 2.37. The van der Waals surface area contributed by atoms with Gasteiger partial charge in [-0.05, 0) is 31.3 Å². The number of ether oxygens (including phenoxy) is 1. The van der Waals surface area contributed by atoms with E-state index < -0.39 is 0 Å². The van der Waals surface area contributed by atoms with Crippen molar-refractivity contribution < 1.29 is 4.74 Å². The van der Waals surface area contributed by atoms with Crippen LogP contribution in [0.4, 0.5) is 0 Å². The summed E-state index contributed by atoms with van der Waals surface area (Å²) in [6.07, 6.45) is 5.35. The molecule has 1 aliphatic carbocycles. The Balaban J connectivity index is 2.40. The van der Waals surface area contributed by atoms with Crippen LogP contribution in [0.2, 0.25) is 0 Å². The fraction of sp³-hybridized carbons (Fsp3) is 1.00. The summed E-state index contributed by atoms with van der Waals surface area (Å²) in [5.74, 6) is 0. The van der Waals surface area contributed by atoms with Gasteiger partial charge in [-0.2, -0.15) is 0 Å². The fourth-order valence-electron chi connectivity index (χ4n) is 2.60. The van der Waals surface area contributed by atoms with E-state index in [-0.39, 0.29) is 0 Å². The van der Waals surface area contributed by atoms with Crippen molar-refractivity contribution in [1.82, 2.24) is 4.90 Å². The number of nitrogens with zero attached hydrogens (tertiary/aromatic N) is 1. The SMILES string of the molecule is CCN(CCOC)CC1(CN)CCCC1. The molecule has 0 aromatic heterocycles. The molecule has 0 radical (unpaired) electrons. The molecular formula is C12H26N2O.